The van der Waals surface area contributed by atoms with E-state index in [-0.39, 0.29) is 17.9 Å². The molecule has 17 heavy (non-hydrogen) atoms. The maximum absolute atomic E-state index is 11.8. The summed E-state index contributed by atoms with van der Waals surface area (Å²) >= 11 is 0. The number of nitrogens with one attached hydrogen (secondary N) is 1. The van der Waals surface area contributed by atoms with Crippen molar-refractivity contribution in [1.29, 1.82) is 0 Å². The van der Waals surface area contributed by atoms with Crippen molar-refractivity contribution in [2.45, 2.75) is 12.5 Å². The van der Waals surface area contributed by atoms with Crippen LogP contribution in [0, 0.1) is 11.1 Å². The van der Waals surface area contributed by atoms with Gasteiger partial charge >= 0.3 is 0 Å². The van der Waals surface area contributed by atoms with E-state index in [0.29, 0.717) is 13.1 Å². The minimum absolute atomic E-state index is 0.0422. The first-order valence-corrected chi connectivity index (χ1v) is 5.82. The summed E-state index contributed by atoms with van der Waals surface area (Å²) in [5.74, 6) is -0.249. The van der Waals surface area contributed by atoms with Crippen molar-refractivity contribution in [1.82, 2.24) is 10.5 Å². The Kier molecular flexibility index (Phi) is 2.49. The van der Waals surface area contributed by atoms with Crippen molar-refractivity contribution in [2.75, 3.05) is 18.1 Å². The Bertz CT molecular complexity index is 423. The van der Waals surface area contributed by atoms with Crippen LogP contribution in [0.4, 0.5) is 5.69 Å². The quantitative estimate of drug-likeness (QED) is 0.775. The van der Waals surface area contributed by atoms with E-state index in [1.807, 2.05) is 35.3 Å². The molecule has 2 fully saturated rings. The molecule has 1 amide bonds. The van der Waals surface area contributed by atoms with Gasteiger partial charge in [0.15, 0.2) is 0 Å². The van der Waals surface area contributed by atoms with Crippen LogP contribution >= 0.6 is 0 Å². The summed E-state index contributed by atoms with van der Waals surface area (Å²) < 4.78 is 0. The Balaban J connectivity index is 1.87. The summed E-state index contributed by atoms with van der Waals surface area (Å²) in [6.45, 7) is 0.805. The minimum atomic E-state index is -0.207. The topological polar surface area (TPSA) is 58.6 Å². The lowest BCUT2D eigenvalue weighted by atomic mass is 9.94. The third kappa shape index (κ3) is 1.77. The fourth-order valence-corrected chi connectivity index (χ4v) is 2.61. The largest absolute Gasteiger partial charge is 0.785 e. The molecule has 0 aliphatic carbocycles. The van der Waals surface area contributed by atoms with Gasteiger partial charge in [0, 0.05) is 0 Å². The van der Waals surface area contributed by atoms with E-state index < -0.39 is 0 Å². The van der Waals surface area contributed by atoms with E-state index >= 15 is 0 Å². The second kappa shape index (κ2) is 4.01. The predicted octanol–water partition coefficient (Wildman–Crippen LogP) is 0.726. The zero-order valence-electron chi connectivity index (χ0n) is 9.37. The number of amides is 1. The van der Waals surface area contributed by atoms with Gasteiger partial charge < -0.3 is 10.3 Å². The summed E-state index contributed by atoms with van der Waals surface area (Å²) in [7, 11) is 0. The number of rotatable bonds is 1. The number of piperidine rings is 1. The van der Waals surface area contributed by atoms with Gasteiger partial charge in [0.1, 0.15) is 0 Å². The van der Waals surface area contributed by atoms with Crippen LogP contribution in [0.15, 0.2) is 30.3 Å². The molecule has 0 spiro atoms. The Labute approximate surface area is 99.6 Å². The Morgan fingerprint density at radius 1 is 1.29 bits per heavy atom. The maximum Gasteiger partial charge on any atom is 0.245 e. The minimum Gasteiger partial charge on any atom is -0.785 e. The lowest BCUT2D eigenvalue weighted by Gasteiger charge is -2.39. The Hall–Kier alpha value is -1.59. The number of para-hydroxylation sites is 1. The fraction of sp³-hybridized carbons (Fsp3) is 0.417. The second-order valence-electron chi connectivity index (χ2n) is 4.53. The summed E-state index contributed by atoms with van der Waals surface area (Å²) in [4.78, 5) is 11.8. The maximum atomic E-state index is 11.8. The highest BCUT2D eigenvalue weighted by Gasteiger charge is 2.42. The molecule has 2 heterocycles. The molecular weight excluding hydrogens is 218 g/mol. The van der Waals surface area contributed by atoms with E-state index in [1.54, 1.807) is 0 Å². The monoisotopic (exact) mass is 232 g/mol. The van der Waals surface area contributed by atoms with Gasteiger partial charge in [-0.25, -0.2) is 0 Å². The number of carbonyl (C=O) groups is 1. The van der Waals surface area contributed by atoms with Crippen LogP contribution in [0.1, 0.15) is 6.42 Å². The van der Waals surface area contributed by atoms with Crippen LogP contribution in [-0.4, -0.2) is 30.1 Å². The Morgan fingerprint density at radius 3 is 2.82 bits per heavy atom. The highest BCUT2D eigenvalue weighted by molar-refractivity contribution is 5.85. The molecule has 0 aromatic heterocycles. The summed E-state index contributed by atoms with van der Waals surface area (Å²) in [6, 6.07) is 9.86. The first kappa shape index (κ1) is 10.6. The van der Waals surface area contributed by atoms with Crippen LogP contribution in [0.25, 0.3) is 0 Å². The van der Waals surface area contributed by atoms with Gasteiger partial charge in [0.05, 0.1) is 17.6 Å². The van der Waals surface area contributed by atoms with Gasteiger partial charge in [0.2, 0.25) is 5.91 Å². The molecule has 90 valence electrons. The molecule has 3 rings (SSSR count). The lowest BCUT2D eigenvalue weighted by Crippen LogP contribution is -2.45. The van der Waals surface area contributed by atoms with Crippen LogP contribution in [0.2, 0.25) is 0 Å². The summed E-state index contributed by atoms with van der Waals surface area (Å²) in [6.07, 6.45) is 0.724. The molecule has 1 N–H and O–H groups in total. The van der Waals surface area contributed by atoms with Gasteiger partial charge in [-0.15, -0.1) is 0 Å². The van der Waals surface area contributed by atoms with Crippen LogP contribution in [0.5, 0.6) is 0 Å². The fourth-order valence-electron chi connectivity index (χ4n) is 2.61. The average molecular weight is 232 g/mol. The SMILES string of the molecule is O=C1NN(c2ccccc2)C2CCN([O-])CC12. The van der Waals surface area contributed by atoms with E-state index in [9.17, 15) is 10.0 Å². The normalized spacial score (nSPS) is 29.0. The number of hydroxylamine groups is 2. The highest BCUT2D eigenvalue weighted by Crippen LogP contribution is 2.30. The number of hydrazine groups is 1. The summed E-state index contributed by atoms with van der Waals surface area (Å²) in [5, 5.41) is 14.2. The van der Waals surface area contributed by atoms with Crippen molar-refractivity contribution in [3.05, 3.63) is 35.5 Å². The van der Waals surface area contributed by atoms with Crippen molar-refractivity contribution >= 4 is 11.6 Å². The van der Waals surface area contributed by atoms with Crippen molar-refractivity contribution in [3.8, 4) is 0 Å². The third-order valence-corrected chi connectivity index (χ3v) is 3.47. The molecule has 2 atom stereocenters. The van der Waals surface area contributed by atoms with Gasteiger partial charge in [-0.1, -0.05) is 18.2 Å². The highest BCUT2D eigenvalue weighted by atomic mass is 16.5. The number of hydrogen-bond donors (Lipinski definition) is 1. The molecule has 0 saturated carbocycles. The van der Waals surface area contributed by atoms with Crippen molar-refractivity contribution in [3.63, 3.8) is 0 Å². The van der Waals surface area contributed by atoms with E-state index in [1.165, 1.54) is 0 Å². The third-order valence-electron chi connectivity index (χ3n) is 3.47. The molecule has 1 aromatic rings. The molecular formula is C12H14N3O2-. The molecule has 5 heteroatoms. The van der Waals surface area contributed by atoms with E-state index in [2.05, 4.69) is 5.43 Å². The van der Waals surface area contributed by atoms with Gasteiger partial charge in [-0.2, -0.15) is 0 Å². The predicted molar refractivity (Wildman–Crippen MR) is 63.9 cm³/mol. The molecule has 2 saturated heterocycles. The molecule has 2 unspecified atom stereocenters. The van der Waals surface area contributed by atoms with Crippen LogP contribution < -0.4 is 10.4 Å². The van der Waals surface area contributed by atoms with E-state index in [0.717, 1.165) is 17.2 Å². The number of anilines is 1. The van der Waals surface area contributed by atoms with Crippen molar-refractivity contribution < 1.29 is 4.79 Å². The average Bonchev–Trinajstić information content (AvgIpc) is 2.68. The number of fused-ring (bicyclic) bond motifs is 1. The number of benzene rings is 1. The summed E-state index contributed by atoms with van der Waals surface area (Å²) in [5.41, 5.74) is 3.84. The van der Waals surface area contributed by atoms with Gasteiger partial charge in [0.25, 0.3) is 0 Å². The second-order valence-corrected chi connectivity index (χ2v) is 4.53. The molecule has 2 aliphatic rings. The van der Waals surface area contributed by atoms with Gasteiger partial charge in [-0.05, 0) is 31.6 Å². The number of hydrogen-bond acceptors (Lipinski definition) is 4. The van der Waals surface area contributed by atoms with Gasteiger partial charge in [-0.3, -0.25) is 15.2 Å². The molecule has 0 bridgehead atoms. The van der Waals surface area contributed by atoms with Crippen LogP contribution in [0.3, 0.4) is 0 Å². The first-order chi connectivity index (χ1) is 8.25. The smallest absolute Gasteiger partial charge is 0.245 e. The Morgan fingerprint density at radius 2 is 2.06 bits per heavy atom. The standard InChI is InChI=1S/C12H14N3O2/c16-12-10-8-14(17)7-6-11(10)15(13-12)9-4-2-1-3-5-9/h1-5,10-11H,6-8H2,(H,13,16)/q-1. The zero-order valence-corrected chi connectivity index (χ0v) is 9.37. The number of nitrogens with zero attached hydrogens (tertiary/aromatic N) is 2. The van der Waals surface area contributed by atoms with Crippen LogP contribution in [-0.2, 0) is 4.79 Å². The zero-order chi connectivity index (χ0) is 11.8. The first-order valence-electron chi connectivity index (χ1n) is 5.82. The van der Waals surface area contributed by atoms with Crippen molar-refractivity contribution in [2.24, 2.45) is 5.92 Å². The molecule has 0 radical (unpaired) electrons. The lowest BCUT2D eigenvalue weighted by molar-refractivity contribution is -0.123. The number of carbonyl (C=O) groups excluding carboxylic acids is 1. The van der Waals surface area contributed by atoms with E-state index in [4.69, 9.17) is 0 Å². The molecule has 2 aliphatic heterocycles. The molecule has 5 nitrogen and oxygen atoms in total. The molecule has 1 aromatic carbocycles.